The Kier molecular flexibility index (Phi) is 2.69. The quantitative estimate of drug-likeness (QED) is 0.777. The molecule has 1 heterocycles. The van der Waals surface area contributed by atoms with Crippen LogP contribution in [0.2, 0.25) is 0 Å². The zero-order chi connectivity index (χ0) is 10.9. The topological polar surface area (TPSA) is 53.1 Å². The summed E-state index contributed by atoms with van der Waals surface area (Å²) in [5.41, 5.74) is 2.63. The lowest BCUT2D eigenvalue weighted by atomic mass is 9.85. The van der Waals surface area contributed by atoms with E-state index in [1.165, 1.54) is 0 Å². The average Bonchev–Trinajstić information content (AvgIpc) is 2.35. The van der Waals surface area contributed by atoms with Gasteiger partial charge in [0.2, 0.25) is 0 Å². The molecule has 3 nitrogen and oxygen atoms in total. The summed E-state index contributed by atoms with van der Waals surface area (Å²) < 4.78 is 0. The molecule has 0 atom stereocenters. The van der Waals surface area contributed by atoms with Gasteiger partial charge in [-0.25, -0.2) is 0 Å². The predicted octanol–water partition coefficient (Wildman–Crippen LogP) is 2.28. The SMILES string of the molecule is Cc1c[nH]c(C)c1CC(C)(C)C(=O)O. The van der Waals surface area contributed by atoms with Crippen molar-refractivity contribution in [3.05, 3.63) is 23.0 Å². The first kappa shape index (κ1) is 10.8. The standard InChI is InChI=1S/C11H17NO2/c1-7-6-12-8(2)9(7)5-11(3,4)10(13)14/h6,12H,5H2,1-4H3,(H,13,14). The molecule has 0 aliphatic heterocycles. The van der Waals surface area contributed by atoms with E-state index < -0.39 is 11.4 Å². The minimum atomic E-state index is -0.752. The van der Waals surface area contributed by atoms with Crippen LogP contribution in [0.25, 0.3) is 0 Å². The Morgan fingerprint density at radius 2 is 2.07 bits per heavy atom. The van der Waals surface area contributed by atoms with Crippen molar-refractivity contribution in [1.29, 1.82) is 0 Å². The number of aliphatic carboxylic acids is 1. The van der Waals surface area contributed by atoms with Gasteiger partial charge < -0.3 is 10.1 Å². The van der Waals surface area contributed by atoms with Crippen LogP contribution in [0.4, 0.5) is 0 Å². The summed E-state index contributed by atoms with van der Waals surface area (Å²) in [4.78, 5) is 14.1. The molecule has 1 rings (SSSR count). The van der Waals surface area contributed by atoms with Crippen molar-refractivity contribution in [3.8, 4) is 0 Å². The van der Waals surface area contributed by atoms with Gasteiger partial charge in [-0.3, -0.25) is 4.79 Å². The molecule has 0 aliphatic carbocycles. The summed E-state index contributed by atoms with van der Waals surface area (Å²) in [6.07, 6.45) is 2.49. The fourth-order valence-electron chi connectivity index (χ4n) is 1.48. The zero-order valence-electron chi connectivity index (χ0n) is 9.14. The Bertz CT molecular complexity index is 331. The maximum absolute atomic E-state index is 11.0. The van der Waals surface area contributed by atoms with Crippen LogP contribution in [0.3, 0.4) is 0 Å². The highest BCUT2D eigenvalue weighted by atomic mass is 16.4. The minimum Gasteiger partial charge on any atom is -0.481 e. The summed E-state index contributed by atoms with van der Waals surface area (Å²) in [6, 6.07) is 0. The van der Waals surface area contributed by atoms with Gasteiger partial charge in [0.05, 0.1) is 5.41 Å². The van der Waals surface area contributed by atoms with E-state index in [0.29, 0.717) is 6.42 Å². The molecule has 0 unspecified atom stereocenters. The summed E-state index contributed by atoms with van der Waals surface area (Å²) in [5.74, 6) is -0.752. The van der Waals surface area contributed by atoms with Gasteiger partial charge in [-0.15, -0.1) is 0 Å². The molecule has 14 heavy (non-hydrogen) atoms. The van der Waals surface area contributed by atoms with Gasteiger partial charge in [0.25, 0.3) is 0 Å². The zero-order valence-corrected chi connectivity index (χ0v) is 9.14. The number of nitrogens with one attached hydrogen (secondary N) is 1. The lowest BCUT2D eigenvalue weighted by Crippen LogP contribution is -2.26. The van der Waals surface area contributed by atoms with Crippen LogP contribution >= 0.6 is 0 Å². The van der Waals surface area contributed by atoms with Crippen LogP contribution in [-0.4, -0.2) is 16.1 Å². The molecule has 0 fully saturated rings. The highest BCUT2D eigenvalue weighted by Crippen LogP contribution is 2.25. The molecular formula is C11H17NO2. The lowest BCUT2D eigenvalue weighted by molar-refractivity contribution is -0.146. The van der Waals surface area contributed by atoms with Crippen LogP contribution in [0.15, 0.2) is 6.20 Å². The number of aromatic nitrogens is 1. The van der Waals surface area contributed by atoms with Crippen molar-refractivity contribution in [1.82, 2.24) is 4.98 Å². The first-order valence-electron chi connectivity index (χ1n) is 4.71. The third-order valence-corrected chi connectivity index (χ3v) is 2.63. The Morgan fingerprint density at radius 3 is 2.43 bits per heavy atom. The number of carboxylic acids is 1. The molecule has 1 aromatic heterocycles. The Balaban J connectivity index is 2.94. The van der Waals surface area contributed by atoms with E-state index in [4.69, 9.17) is 5.11 Å². The number of aromatic amines is 1. The molecule has 0 bridgehead atoms. The third-order valence-electron chi connectivity index (χ3n) is 2.63. The lowest BCUT2D eigenvalue weighted by Gasteiger charge is -2.19. The van der Waals surface area contributed by atoms with Crippen molar-refractivity contribution >= 4 is 5.97 Å². The second kappa shape index (κ2) is 3.48. The van der Waals surface area contributed by atoms with Crippen LogP contribution in [0.1, 0.15) is 30.7 Å². The van der Waals surface area contributed by atoms with Crippen LogP contribution in [-0.2, 0) is 11.2 Å². The molecular weight excluding hydrogens is 178 g/mol. The number of H-pyrrole nitrogens is 1. The third kappa shape index (κ3) is 1.97. The fraction of sp³-hybridized carbons (Fsp3) is 0.545. The molecule has 0 radical (unpaired) electrons. The monoisotopic (exact) mass is 195 g/mol. The smallest absolute Gasteiger partial charge is 0.309 e. The minimum absolute atomic E-state index is 0.573. The largest absolute Gasteiger partial charge is 0.481 e. The average molecular weight is 195 g/mol. The molecule has 1 aromatic rings. The molecule has 0 spiro atoms. The van der Waals surface area contributed by atoms with Gasteiger partial charge in [-0.1, -0.05) is 0 Å². The molecule has 0 aliphatic rings. The fourth-order valence-corrected chi connectivity index (χ4v) is 1.48. The van der Waals surface area contributed by atoms with Gasteiger partial charge in [0.1, 0.15) is 0 Å². The molecule has 0 saturated heterocycles. The van der Waals surface area contributed by atoms with Crippen LogP contribution in [0.5, 0.6) is 0 Å². The summed E-state index contributed by atoms with van der Waals surface area (Å²) in [5, 5.41) is 9.01. The number of hydrogen-bond acceptors (Lipinski definition) is 1. The normalized spacial score (nSPS) is 11.7. The first-order chi connectivity index (χ1) is 6.34. The van der Waals surface area contributed by atoms with E-state index in [-0.39, 0.29) is 0 Å². The van der Waals surface area contributed by atoms with Gasteiger partial charge in [0, 0.05) is 11.9 Å². The van der Waals surface area contributed by atoms with Crippen LogP contribution in [0, 0.1) is 19.3 Å². The second-order valence-corrected chi connectivity index (χ2v) is 4.44. The van der Waals surface area contributed by atoms with E-state index >= 15 is 0 Å². The van der Waals surface area contributed by atoms with E-state index in [0.717, 1.165) is 16.8 Å². The van der Waals surface area contributed by atoms with E-state index in [2.05, 4.69) is 4.98 Å². The predicted molar refractivity (Wildman–Crippen MR) is 55.4 cm³/mol. The van der Waals surface area contributed by atoms with Gasteiger partial charge in [-0.2, -0.15) is 0 Å². The Labute approximate surface area is 84.2 Å². The summed E-state index contributed by atoms with van der Waals surface area (Å²) in [7, 11) is 0. The molecule has 2 N–H and O–H groups in total. The second-order valence-electron chi connectivity index (χ2n) is 4.44. The Hall–Kier alpha value is -1.25. The van der Waals surface area contributed by atoms with Crippen molar-refractivity contribution < 1.29 is 9.90 Å². The summed E-state index contributed by atoms with van der Waals surface area (Å²) in [6.45, 7) is 7.47. The van der Waals surface area contributed by atoms with Crippen molar-refractivity contribution in [2.45, 2.75) is 34.1 Å². The number of hydrogen-bond donors (Lipinski definition) is 2. The maximum atomic E-state index is 11.0. The number of carbonyl (C=O) groups is 1. The van der Waals surface area contributed by atoms with Crippen molar-refractivity contribution in [2.24, 2.45) is 5.41 Å². The number of aryl methyl sites for hydroxylation is 2. The van der Waals surface area contributed by atoms with Crippen LogP contribution < -0.4 is 0 Å². The first-order valence-corrected chi connectivity index (χ1v) is 4.71. The molecule has 3 heteroatoms. The van der Waals surface area contributed by atoms with E-state index in [1.807, 2.05) is 20.0 Å². The van der Waals surface area contributed by atoms with Crippen molar-refractivity contribution in [2.75, 3.05) is 0 Å². The Morgan fingerprint density at radius 1 is 1.50 bits per heavy atom. The highest BCUT2D eigenvalue weighted by Gasteiger charge is 2.28. The molecule has 0 amide bonds. The van der Waals surface area contributed by atoms with Gasteiger partial charge in [-0.05, 0) is 45.2 Å². The maximum Gasteiger partial charge on any atom is 0.309 e. The highest BCUT2D eigenvalue weighted by molar-refractivity contribution is 5.74. The summed E-state index contributed by atoms with van der Waals surface area (Å²) >= 11 is 0. The molecule has 0 aromatic carbocycles. The van der Waals surface area contributed by atoms with E-state index in [9.17, 15) is 4.79 Å². The van der Waals surface area contributed by atoms with Gasteiger partial charge in [0.15, 0.2) is 0 Å². The molecule has 78 valence electrons. The van der Waals surface area contributed by atoms with Crippen molar-refractivity contribution in [3.63, 3.8) is 0 Å². The number of rotatable bonds is 3. The van der Waals surface area contributed by atoms with Gasteiger partial charge >= 0.3 is 5.97 Å². The molecule has 0 saturated carbocycles. The van der Waals surface area contributed by atoms with E-state index in [1.54, 1.807) is 13.8 Å². The number of carboxylic acid groups (broad SMARTS) is 1.